The van der Waals surface area contributed by atoms with E-state index in [-0.39, 0.29) is 54.1 Å². The van der Waals surface area contributed by atoms with Gasteiger partial charge >= 0.3 is 6.09 Å². The van der Waals surface area contributed by atoms with E-state index in [4.69, 9.17) is 4.74 Å². The van der Waals surface area contributed by atoms with Crippen molar-refractivity contribution in [2.45, 2.75) is 97.9 Å². The van der Waals surface area contributed by atoms with Crippen LogP contribution in [0.2, 0.25) is 0 Å². The van der Waals surface area contributed by atoms with Crippen molar-refractivity contribution >= 4 is 41.9 Å². The van der Waals surface area contributed by atoms with Crippen LogP contribution in [0.15, 0.2) is 4.99 Å². The summed E-state index contributed by atoms with van der Waals surface area (Å²) in [4.78, 5) is 31.5. The molecule has 0 aliphatic carbocycles. The molecule has 3 N–H and O–H groups in total. The molecule has 2 rings (SSSR count). The number of rotatable bonds is 6. The molecule has 2 aliphatic heterocycles. The number of nitrogens with zero attached hydrogens (tertiary/aromatic N) is 2. The SMILES string of the molecule is CCNC(=O)C(C)(C)CN=C(NCC)NC1CC2CCC(C1)N2C(=O)OC(C)(C)C.I. The first-order valence-electron chi connectivity index (χ1n) is 11.3. The zero-order valence-corrected chi connectivity index (χ0v) is 22.5. The lowest BCUT2D eigenvalue weighted by Crippen LogP contribution is -2.55. The fourth-order valence-corrected chi connectivity index (χ4v) is 4.17. The normalized spacial score (nSPS) is 23.6. The Morgan fingerprint density at radius 1 is 1.00 bits per heavy atom. The number of aliphatic imine (C=N–C) groups is 1. The predicted octanol–water partition coefficient (Wildman–Crippen LogP) is 3.25. The molecule has 2 unspecified atom stereocenters. The van der Waals surface area contributed by atoms with E-state index in [0.29, 0.717) is 13.1 Å². The fraction of sp³-hybridized carbons (Fsp3) is 0.864. The summed E-state index contributed by atoms with van der Waals surface area (Å²) in [5, 5.41) is 9.70. The molecule has 180 valence electrons. The molecule has 2 heterocycles. The van der Waals surface area contributed by atoms with Gasteiger partial charge in [-0.25, -0.2) is 4.79 Å². The monoisotopic (exact) mass is 551 g/mol. The van der Waals surface area contributed by atoms with Gasteiger partial charge in [0.15, 0.2) is 5.96 Å². The highest BCUT2D eigenvalue weighted by atomic mass is 127. The number of nitrogens with one attached hydrogen (secondary N) is 3. The highest BCUT2D eigenvalue weighted by Gasteiger charge is 2.45. The summed E-state index contributed by atoms with van der Waals surface area (Å²) in [7, 11) is 0. The van der Waals surface area contributed by atoms with Gasteiger partial charge in [-0.05, 0) is 74.1 Å². The quantitative estimate of drug-likeness (QED) is 0.268. The minimum Gasteiger partial charge on any atom is -0.444 e. The number of carbonyl (C=O) groups excluding carboxylic acids is 2. The van der Waals surface area contributed by atoms with E-state index in [1.54, 1.807) is 0 Å². The largest absolute Gasteiger partial charge is 0.444 e. The lowest BCUT2D eigenvalue weighted by molar-refractivity contribution is -0.128. The molecule has 0 aromatic heterocycles. The van der Waals surface area contributed by atoms with E-state index in [1.807, 2.05) is 53.4 Å². The Balaban J connectivity index is 0.00000480. The molecule has 2 amide bonds. The fourth-order valence-electron chi connectivity index (χ4n) is 4.17. The highest BCUT2D eigenvalue weighted by Crippen LogP contribution is 2.36. The van der Waals surface area contributed by atoms with Crippen LogP contribution < -0.4 is 16.0 Å². The van der Waals surface area contributed by atoms with Crippen LogP contribution in [0.4, 0.5) is 4.79 Å². The van der Waals surface area contributed by atoms with Gasteiger partial charge in [-0.2, -0.15) is 0 Å². The second kappa shape index (κ2) is 11.6. The summed E-state index contributed by atoms with van der Waals surface area (Å²) in [6.45, 7) is 15.2. The summed E-state index contributed by atoms with van der Waals surface area (Å²) in [6, 6.07) is 0.642. The molecule has 0 aromatic carbocycles. The maximum absolute atomic E-state index is 12.6. The van der Waals surface area contributed by atoms with Crippen molar-refractivity contribution < 1.29 is 14.3 Å². The van der Waals surface area contributed by atoms with Crippen LogP contribution in [0.5, 0.6) is 0 Å². The lowest BCUT2D eigenvalue weighted by Gasteiger charge is -2.40. The van der Waals surface area contributed by atoms with Crippen LogP contribution in [0, 0.1) is 5.41 Å². The molecule has 2 bridgehead atoms. The lowest BCUT2D eigenvalue weighted by atomic mass is 9.92. The highest BCUT2D eigenvalue weighted by molar-refractivity contribution is 14.0. The van der Waals surface area contributed by atoms with Crippen molar-refractivity contribution in [1.29, 1.82) is 0 Å². The summed E-state index contributed by atoms with van der Waals surface area (Å²) in [5.41, 5.74) is -1.05. The summed E-state index contributed by atoms with van der Waals surface area (Å²) >= 11 is 0. The standard InChI is InChI=1S/C22H41N5O3.HI/c1-8-23-18(28)22(6,7)14-25-19(24-9-2)26-15-12-16-10-11-17(13-15)27(16)20(29)30-21(3,4)5;/h15-17H,8-14H2,1-7H3,(H,23,28)(H2,24,25,26);1H. The van der Waals surface area contributed by atoms with Gasteiger partial charge in [-0.1, -0.05) is 0 Å². The number of ether oxygens (including phenoxy) is 1. The molecule has 0 spiro atoms. The maximum atomic E-state index is 12.6. The third-order valence-corrected chi connectivity index (χ3v) is 5.61. The van der Waals surface area contributed by atoms with Gasteiger partial charge < -0.3 is 25.6 Å². The van der Waals surface area contributed by atoms with Gasteiger partial charge in [0.25, 0.3) is 0 Å². The number of amides is 2. The van der Waals surface area contributed by atoms with E-state index < -0.39 is 11.0 Å². The Hall–Kier alpha value is -1.26. The minimum atomic E-state index is -0.572. The summed E-state index contributed by atoms with van der Waals surface area (Å²) in [5.74, 6) is 0.735. The molecular weight excluding hydrogens is 509 g/mol. The van der Waals surface area contributed by atoms with Crippen LogP contribution in [0.1, 0.15) is 74.1 Å². The number of guanidine groups is 1. The number of hydrogen-bond acceptors (Lipinski definition) is 4. The second-order valence-electron chi connectivity index (χ2n) is 10.0. The Kier molecular flexibility index (Phi) is 10.4. The van der Waals surface area contributed by atoms with Crippen molar-refractivity contribution in [1.82, 2.24) is 20.9 Å². The average Bonchev–Trinajstić information content (AvgIpc) is 2.90. The second-order valence-corrected chi connectivity index (χ2v) is 10.0. The number of halogens is 1. The Morgan fingerprint density at radius 2 is 1.55 bits per heavy atom. The molecular formula is C22H42IN5O3. The van der Waals surface area contributed by atoms with E-state index in [9.17, 15) is 9.59 Å². The topological polar surface area (TPSA) is 95.1 Å². The summed E-state index contributed by atoms with van der Waals surface area (Å²) < 4.78 is 5.62. The predicted molar refractivity (Wildman–Crippen MR) is 135 cm³/mol. The molecule has 2 aliphatic rings. The summed E-state index contributed by atoms with van der Waals surface area (Å²) in [6.07, 6.45) is 3.58. The van der Waals surface area contributed by atoms with Crippen LogP contribution in [0.3, 0.4) is 0 Å². The number of fused-ring (bicyclic) bond motifs is 2. The minimum absolute atomic E-state index is 0. The van der Waals surface area contributed by atoms with Gasteiger partial charge in [-0.3, -0.25) is 9.79 Å². The van der Waals surface area contributed by atoms with Crippen LogP contribution in [0.25, 0.3) is 0 Å². The molecule has 8 nitrogen and oxygen atoms in total. The van der Waals surface area contributed by atoms with Gasteiger partial charge in [0, 0.05) is 31.2 Å². The zero-order valence-electron chi connectivity index (χ0n) is 20.2. The first-order chi connectivity index (χ1) is 14.0. The van der Waals surface area contributed by atoms with E-state index in [2.05, 4.69) is 20.9 Å². The number of hydrogen-bond donors (Lipinski definition) is 3. The first kappa shape index (κ1) is 27.8. The molecule has 0 aromatic rings. The van der Waals surface area contributed by atoms with Crippen molar-refractivity contribution in [2.75, 3.05) is 19.6 Å². The Morgan fingerprint density at radius 3 is 2.03 bits per heavy atom. The molecule has 2 atom stereocenters. The van der Waals surface area contributed by atoms with E-state index in [1.165, 1.54) is 0 Å². The average molecular weight is 552 g/mol. The third-order valence-electron chi connectivity index (χ3n) is 5.61. The number of carbonyl (C=O) groups is 2. The molecule has 0 radical (unpaired) electrons. The molecule has 2 fully saturated rings. The van der Waals surface area contributed by atoms with E-state index in [0.717, 1.165) is 38.2 Å². The smallest absolute Gasteiger partial charge is 0.410 e. The van der Waals surface area contributed by atoms with Gasteiger partial charge in [0.1, 0.15) is 5.60 Å². The van der Waals surface area contributed by atoms with Crippen molar-refractivity contribution in [2.24, 2.45) is 10.4 Å². The van der Waals surface area contributed by atoms with E-state index >= 15 is 0 Å². The van der Waals surface area contributed by atoms with Crippen LogP contribution in [-0.2, 0) is 9.53 Å². The maximum Gasteiger partial charge on any atom is 0.410 e. The molecule has 9 heteroatoms. The van der Waals surface area contributed by atoms with Gasteiger partial charge in [0.05, 0.1) is 12.0 Å². The van der Waals surface area contributed by atoms with Gasteiger partial charge in [0.2, 0.25) is 5.91 Å². The Labute approximate surface area is 204 Å². The molecule has 2 saturated heterocycles. The third kappa shape index (κ3) is 7.98. The van der Waals surface area contributed by atoms with Gasteiger partial charge in [-0.15, -0.1) is 24.0 Å². The number of piperidine rings is 1. The molecule has 31 heavy (non-hydrogen) atoms. The van der Waals surface area contributed by atoms with Crippen molar-refractivity contribution in [3.63, 3.8) is 0 Å². The first-order valence-corrected chi connectivity index (χ1v) is 11.3. The Bertz CT molecular complexity index is 634. The van der Waals surface area contributed by atoms with Crippen molar-refractivity contribution in [3.8, 4) is 0 Å². The van der Waals surface area contributed by atoms with Crippen LogP contribution >= 0.6 is 24.0 Å². The van der Waals surface area contributed by atoms with Crippen molar-refractivity contribution in [3.05, 3.63) is 0 Å². The molecule has 0 saturated carbocycles. The van der Waals surface area contributed by atoms with Crippen LogP contribution in [-0.4, -0.2) is 66.2 Å². The zero-order chi connectivity index (χ0) is 22.5.